The first-order valence-corrected chi connectivity index (χ1v) is 6.01. The number of anilines is 2. The average molecular weight is 290 g/mol. The van der Waals surface area contributed by atoms with Crippen molar-refractivity contribution < 1.29 is 0 Å². The molecular formula is C12H8ClN5O2. The van der Waals surface area contributed by atoms with Crippen molar-refractivity contribution in [2.45, 2.75) is 0 Å². The normalized spacial score (nSPS) is 10.7. The van der Waals surface area contributed by atoms with Gasteiger partial charge in [-0.25, -0.2) is 9.97 Å². The quantitative estimate of drug-likeness (QED) is 0.661. The molecule has 0 aliphatic rings. The van der Waals surface area contributed by atoms with E-state index in [2.05, 4.69) is 25.5 Å². The van der Waals surface area contributed by atoms with Crippen LogP contribution in [-0.2, 0) is 0 Å². The number of aromatic amines is 2. The first-order valence-electron chi connectivity index (χ1n) is 5.64. The fourth-order valence-corrected chi connectivity index (χ4v) is 1.81. The molecule has 0 fully saturated rings. The number of halogens is 1. The molecule has 2 heterocycles. The van der Waals surface area contributed by atoms with Crippen LogP contribution in [0.15, 0.2) is 40.1 Å². The Bertz CT molecular complexity index is 885. The van der Waals surface area contributed by atoms with Gasteiger partial charge in [-0.2, -0.15) is 0 Å². The summed E-state index contributed by atoms with van der Waals surface area (Å²) < 4.78 is 0. The number of hydrogen-bond acceptors (Lipinski definition) is 5. The summed E-state index contributed by atoms with van der Waals surface area (Å²) in [6.45, 7) is 0. The zero-order valence-corrected chi connectivity index (χ0v) is 10.7. The van der Waals surface area contributed by atoms with Gasteiger partial charge >= 0.3 is 0 Å². The van der Waals surface area contributed by atoms with Crippen molar-refractivity contribution in [3.8, 4) is 0 Å². The molecule has 0 unspecified atom stereocenters. The molecule has 0 spiro atoms. The summed E-state index contributed by atoms with van der Waals surface area (Å²) >= 11 is 5.79. The molecule has 0 bridgehead atoms. The molecule has 0 saturated heterocycles. The van der Waals surface area contributed by atoms with Gasteiger partial charge in [-0.05, 0) is 24.3 Å². The molecule has 3 aromatic rings. The van der Waals surface area contributed by atoms with E-state index in [1.807, 2.05) is 0 Å². The van der Waals surface area contributed by atoms with Crippen LogP contribution in [0.5, 0.6) is 0 Å². The van der Waals surface area contributed by atoms with Gasteiger partial charge in [0, 0.05) is 16.9 Å². The van der Waals surface area contributed by atoms with Crippen molar-refractivity contribution in [2.75, 3.05) is 5.32 Å². The molecule has 3 N–H and O–H groups in total. The Morgan fingerprint density at radius 3 is 2.50 bits per heavy atom. The van der Waals surface area contributed by atoms with Crippen molar-refractivity contribution in [2.24, 2.45) is 0 Å². The Labute approximate surface area is 116 Å². The summed E-state index contributed by atoms with van der Waals surface area (Å²) in [5.74, 6) is 0.218. The smallest absolute Gasteiger partial charge is 0.289 e. The number of H-pyrrole nitrogens is 2. The Kier molecular flexibility index (Phi) is 2.96. The van der Waals surface area contributed by atoms with Crippen LogP contribution < -0.4 is 16.4 Å². The summed E-state index contributed by atoms with van der Waals surface area (Å²) in [5, 5.41) is 8.09. The molecule has 0 radical (unpaired) electrons. The van der Waals surface area contributed by atoms with Gasteiger partial charge in [0.05, 0.1) is 5.39 Å². The Hall–Kier alpha value is -2.67. The van der Waals surface area contributed by atoms with Crippen molar-refractivity contribution in [1.29, 1.82) is 0 Å². The topological polar surface area (TPSA) is 104 Å². The second-order valence-electron chi connectivity index (χ2n) is 4.00. The lowest BCUT2D eigenvalue weighted by atomic mass is 10.3. The number of aromatic nitrogens is 4. The van der Waals surface area contributed by atoms with Crippen molar-refractivity contribution in [1.82, 2.24) is 20.2 Å². The molecule has 0 saturated carbocycles. The average Bonchev–Trinajstić information content (AvgIpc) is 2.46. The van der Waals surface area contributed by atoms with E-state index in [0.29, 0.717) is 5.02 Å². The molecule has 8 heteroatoms. The summed E-state index contributed by atoms with van der Waals surface area (Å²) in [6, 6.07) is 6.92. The first kappa shape index (κ1) is 12.4. The number of benzene rings is 1. The third kappa shape index (κ3) is 2.26. The maximum atomic E-state index is 11.6. The van der Waals surface area contributed by atoms with E-state index in [1.165, 1.54) is 6.20 Å². The van der Waals surface area contributed by atoms with Crippen LogP contribution in [0, 0.1) is 0 Å². The van der Waals surface area contributed by atoms with Crippen LogP contribution in [-0.4, -0.2) is 20.2 Å². The van der Waals surface area contributed by atoms with E-state index in [4.69, 9.17) is 11.6 Å². The van der Waals surface area contributed by atoms with E-state index in [1.54, 1.807) is 24.3 Å². The predicted molar refractivity (Wildman–Crippen MR) is 75.5 cm³/mol. The van der Waals surface area contributed by atoms with Gasteiger partial charge in [0.15, 0.2) is 0 Å². The summed E-state index contributed by atoms with van der Waals surface area (Å²) in [4.78, 5) is 31.1. The number of nitrogens with zero attached hydrogens (tertiary/aromatic N) is 2. The number of nitrogens with one attached hydrogen (secondary N) is 3. The van der Waals surface area contributed by atoms with Gasteiger partial charge in [-0.15, -0.1) is 0 Å². The number of fused-ring (bicyclic) bond motifs is 1. The summed E-state index contributed by atoms with van der Waals surface area (Å²) in [7, 11) is 0. The van der Waals surface area contributed by atoms with Crippen LogP contribution in [0.1, 0.15) is 0 Å². The van der Waals surface area contributed by atoms with Gasteiger partial charge in [0.2, 0.25) is 5.95 Å². The lowest BCUT2D eigenvalue weighted by molar-refractivity contribution is 0.965. The SMILES string of the molecule is O=c1[nH][nH]c(=O)c2nc(Nc3ccc(Cl)cc3)ncc12. The molecule has 0 amide bonds. The third-order valence-corrected chi connectivity index (χ3v) is 2.89. The highest BCUT2D eigenvalue weighted by atomic mass is 35.5. The molecule has 0 aliphatic carbocycles. The number of hydrogen-bond donors (Lipinski definition) is 3. The van der Waals surface area contributed by atoms with Gasteiger partial charge in [0.1, 0.15) is 5.52 Å². The molecule has 3 rings (SSSR count). The maximum absolute atomic E-state index is 11.6. The van der Waals surface area contributed by atoms with Gasteiger partial charge in [-0.1, -0.05) is 11.6 Å². The zero-order valence-electron chi connectivity index (χ0n) is 9.98. The summed E-state index contributed by atoms with van der Waals surface area (Å²) in [5.41, 5.74) is -0.186. The van der Waals surface area contributed by atoms with E-state index < -0.39 is 11.1 Å². The van der Waals surface area contributed by atoms with Crippen LogP contribution in [0.4, 0.5) is 11.6 Å². The van der Waals surface area contributed by atoms with Crippen LogP contribution >= 0.6 is 11.6 Å². The third-order valence-electron chi connectivity index (χ3n) is 2.64. The second-order valence-corrected chi connectivity index (χ2v) is 4.43. The zero-order chi connectivity index (χ0) is 14.1. The fourth-order valence-electron chi connectivity index (χ4n) is 1.68. The van der Waals surface area contributed by atoms with E-state index in [0.717, 1.165) is 5.69 Å². The van der Waals surface area contributed by atoms with E-state index >= 15 is 0 Å². The van der Waals surface area contributed by atoms with E-state index in [9.17, 15) is 9.59 Å². The van der Waals surface area contributed by atoms with Gasteiger partial charge < -0.3 is 5.32 Å². The molecule has 20 heavy (non-hydrogen) atoms. The first-order chi connectivity index (χ1) is 9.63. The lowest BCUT2D eigenvalue weighted by Gasteiger charge is -2.04. The predicted octanol–water partition coefficient (Wildman–Crippen LogP) is 1.40. The Morgan fingerprint density at radius 1 is 1.05 bits per heavy atom. The monoisotopic (exact) mass is 289 g/mol. The van der Waals surface area contributed by atoms with Gasteiger partial charge in [0.25, 0.3) is 11.1 Å². The number of rotatable bonds is 2. The summed E-state index contributed by atoms with van der Waals surface area (Å²) in [6.07, 6.45) is 1.30. The second kappa shape index (κ2) is 4.78. The van der Waals surface area contributed by atoms with E-state index in [-0.39, 0.29) is 16.9 Å². The van der Waals surface area contributed by atoms with Crippen molar-refractivity contribution in [3.05, 3.63) is 56.2 Å². The van der Waals surface area contributed by atoms with Gasteiger partial charge in [-0.3, -0.25) is 19.8 Å². The highest BCUT2D eigenvalue weighted by molar-refractivity contribution is 6.30. The fraction of sp³-hybridized carbons (Fsp3) is 0. The molecule has 100 valence electrons. The minimum atomic E-state index is -0.485. The Morgan fingerprint density at radius 2 is 1.75 bits per heavy atom. The Balaban J connectivity index is 2.05. The molecular weight excluding hydrogens is 282 g/mol. The standard InChI is InChI=1S/C12H8ClN5O2/c13-6-1-3-7(4-2-6)15-12-14-5-8-9(16-12)11(20)18-17-10(8)19/h1-5H,(H,17,19)(H,18,20)(H,14,15,16). The highest BCUT2D eigenvalue weighted by Gasteiger charge is 2.07. The molecule has 1 aromatic carbocycles. The van der Waals surface area contributed by atoms with Crippen molar-refractivity contribution in [3.63, 3.8) is 0 Å². The lowest BCUT2D eigenvalue weighted by Crippen LogP contribution is -2.20. The maximum Gasteiger partial charge on any atom is 0.289 e. The molecule has 2 aromatic heterocycles. The minimum absolute atomic E-state index is 0.0280. The largest absolute Gasteiger partial charge is 0.324 e. The van der Waals surface area contributed by atoms with Crippen LogP contribution in [0.25, 0.3) is 10.9 Å². The van der Waals surface area contributed by atoms with Crippen molar-refractivity contribution >= 4 is 34.1 Å². The molecule has 0 atom stereocenters. The van der Waals surface area contributed by atoms with Crippen LogP contribution in [0.2, 0.25) is 5.02 Å². The highest BCUT2D eigenvalue weighted by Crippen LogP contribution is 2.16. The molecule has 7 nitrogen and oxygen atoms in total. The minimum Gasteiger partial charge on any atom is -0.324 e. The van der Waals surface area contributed by atoms with Crippen LogP contribution in [0.3, 0.4) is 0 Å². The molecule has 0 aliphatic heterocycles.